The summed E-state index contributed by atoms with van der Waals surface area (Å²) in [5.74, 6) is 1.49. The quantitative estimate of drug-likeness (QED) is 0.784. The SMILES string of the molecule is COCc1noc(CN[C@@H]2CCCC[C@@H]2CO)n1. The van der Waals surface area contributed by atoms with Crippen LogP contribution in [0, 0.1) is 5.92 Å². The molecule has 1 fully saturated rings. The molecular formula is C12H21N3O3. The zero-order valence-corrected chi connectivity index (χ0v) is 10.8. The number of ether oxygens (including phenoxy) is 1. The Morgan fingerprint density at radius 3 is 3.06 bits per heavy atom. The second-order valence-electron chi connectivity index (χ2n) is 4.75. The van der Waals surface area contributed by atoms with E-state index in [9.17, 15) is 5.11 Å². The first kappa shape index (κ1) is 13.5. The van der Waals surface area contributed by atoms with Gasteiger partial charge in [-0.25, -0.2) is 0 Å². The van der Waals surface area contributed by atoms with E-state index in [-0.39, 0.29) is 6.61 Å². The predicted molar refractivity (Wildman–Crippen MR) is 64.7 cm³/mol. The monoisotopic (exact) mass is 255 g/mol. The van der Waals surface area contributed by atoms with Crippen molar-refractivity contribution >= 4 is 0 Å². The lowest BCUT2D eigenvalue weighted by atomic mass is 9.85. The molecule has 0 saturated heterocycles. The first-order chi connectivity index (χ1) is 8.83. The molecule has 2 atom stereocenters. The van der Waals surface area contributed by atoms with Gasteiger partial charge in [-0.3, -0.25) is 0 Å². The molecule has 1 aromatic rings. The molecule has 1 heterocycles. The lowest BCUT2D eigenvalue weighted by molar-refractivity contribution is 0.150. The first-order valence-electron chi connectivity index (χ1n) is 6.48. The van der Waals surface area contributed by atoms with E-state index in [4.69, 9.17) is 9.26 Å². The molecule has 2 N–H and O–H groups in total. The minimum atomic E-state index is 0.246. The highest BCUT2D eigenvalue weighted by atomic mass is 16.5. The number of rotatable bonds is 6. The number of nitrogens with one attached hydrogen (secondary N) is 1. The number of aliphatic hydroxyl groups is 1. The van der Waals surface area contributed by atoms with Gasteiger partial charge >= 0.3 is 0 Å². The van der Waals surface area contributed by atoms with E-state index in [1.807, 2.05) is 0 Å². The second-order valence-corrected chi connectivity index (χ2v) is 4.75. The molecule has 0 bridgehead atoms. The number of hydrogen-bond acceptors (Lipinski definition) is 6. The van der Waals surface area contributed by atoms with E-state index >= 15 is 0 Å². The van der Waals surface area contributed by atoms with E-state index in [0.717, 1.165) is 12.8 Å². The van der Waals surface area contributed by atoms with Crippen LogP contribution < -0.4 is 5.32 Å². The molecule has 1 saturated carbocycles. The molecule has 0 radical (unpaired) electrons. The first-order valence-corrected chi connectivity index (χ1v) is 6.48. The Balaban J connectivity index is 1.81. The molecule has 0 aromatic carbocycles. The number of aliphatic hydroxyl groups excluding tert-OH is 1. The van der Waals surface area contributed by atoms with Crippen LogP contribution in [0.2, 0.25) is 0 Å². The van der Waals surface area contributed by atoms with Gasteiger partial charge in [-0.15, -0.1) is 0 Å². The highest BCUT2D eigenvalue weighted by Crippen LogP contribution is 2.24. The van der Waals surface area contributed by atoms with Crippen molar-refractivity contribution in [1.29, 1.82) is 0 Å². The summed E-state index contributed by atoms with van der Waals surface area (Å²) in [5.41, 5.74) is 0. The van der Waals surface area contributed by atoms with Gasteiger partial charge in [-0.1, -0.05) is 18.0 Å². The molecule has 1 aliphatic carbocycles. The molecule has 6 nitrogen and oxygen atoms in total. The molecule has 102 valence electrons. The molecule has 0 unspecified atom stereocenters. The third-order valence-electron chi connectivity index (χ3n) is 3.44. The number of methoxy groups -OCH3 is 1. The molecule has 18 heavy (non-hydrogen) atoms. The van der Waals surface area contributed by atoms with Gasteiger partial charge in [0.1, 0.15) is 6.61 Å². The zero-order valence-electron chi connectivity index (χ0n) is 10.8. The summed E-state index contributed by atoms with van der Waals surface area (Å²) in [7, 11) is 1.60. The van der Waals surface area contributed by atoms with Crippen molar-refractivity contribution in [2.45, 2.75) is 44.9 Å². The Bertz CT molecular complexity index is 356. The molecule has 0 aliphatic heterocycles. The lowest BCUT2D eigenvalue weighted by Gasteiger charge is -2.30. The maximum absolute atomic E-state index is 9.32. The van der Waals surface area contributed by atoms with Crippen LogP contribution in [0.1, 0.15) is 37.4 Å². The number of hydrogen-bond donors (Lipinski definition) is 2. The van der Waals surface area contributed by atoms with Crippen LogP contribution >= 0.6 is 0 Å². The zero-order chi connectivity index (χ0) is 12.8. The predicted octanol–water partition coefficient (Wildman–Crippen LogP) is 0.857. The van der Waals surface area contributed by atoms with Crippen LogP contribution in [-0.4, -0.2) is 35.0 Å². The van der Waals surface area contributed by atoms with Crippen molar-refractivity contribution in [3.05, 3.63) is 11.7 Å². The minimum absolute atomic E-state index is 0.246. The Kier molecular flexibility index (Phi) is 5.10. The van der Waals surface area contributed by atoms with Crippen LogP contribution in [0.3, 0.4) is 0 Å². The average Bonchev–Trinajstić information content (AvgIpc) is 2.85. The fraction of sp³-hybridized carbons (Fsp3) is 0.833. The Hall–Kier alpha value is -0.980. The molecule has 6 heteroatoms. The van der Waals surface area contributed by atoms with Gasteiger partial charge in [-0.2, -0.15) is 4.98 Å². The molecule has 2 rings (SSSR count). The summed E-state index contributed by atoms with van der Waals surface area (Å²) in [6, 6.07) is 0.349. The fourth-order valence-corrected chi connectivity index (χ4v) is 2.46. The van der Waals surface area contributed by atoms with Gasteiger partial charge in [0.25, 0.3) is 0 Å². The van der Waals surface area contributed by atoms with E-state index in [1.54, 1.807) is 7.11 Å². The van der Waals surface area contributed by atoms with Crippen LogP contribution in [0.15, 0.2) is 4.52 Å². The van der Waals surface area contributed by atoms with Crippen LogP contribution in [0.25, 0.3) is 0 Å². The minimum Gasteiger partial charge on any atom is -0.396 e. The Morgan fingerprint density at radius 2 is 2.28 bits per heavy atom. The topological polar surface area (TPSA) is 80.4 Å². The summed E-state index contributed by atoms with van der Waals surface area (Å²) in [4.78, 5) is 4.21. The van der Waals surface area contributed by atoms with E-state index in [1.165, 1.54) is 12.8 Å². The van der Waals surface area contributed by atoms with E-state index < -0.39 is 0 Å². The molecule has 1 aromatic heterocycles. The van der Waals surface area contributed by atoms with Crippen molar-refractivity contribution in [3.63, 3.8) is 0 Å². The number of nitrogens with zero attached hydrogens (tertiary/aromatic N) is 2. The van der Waals surface area contributed by atoms with Crippen LogP contribution in [0.4, 0.5) is 0 Å². The Labute approximate surface area is 107 Å². The molecule has 0 spiro atoms. The van der Waals surface area contributed by atoms with Crippen molar-refractivity contribution in [2.75, 3.05) is 13.7 Å². The highest BCUT2D eigenvalue weighted by Gasteiger charge is 2.24. The molecule has 1 aliphatic rings. The summed E-state index contributed by atoms with van der Waals surface area (Å²) in [6.45, 7) is 1.17. The Morgan fingerprint density at radius 1 is 1.44 bits per heavy atom. The summed E-state index contributed by atoms with van der Waals surface area (Å²) in [6.07, 6.45) is 4.62. The average molecular weight is 255 g/mol. The van der Waals surface area contributed by atoms with E-state index in [2.05, 4.69) is 15.5 Å². The second kappa shape index (κ2) is 6.82. The molecule has 0 amide bonds. The summed E-state index contributed by atoms with van der Waals surface area (Å²) >= 11 is 0. The van der Waals surface area contributed by atoms with Crippen LogP contribution in [0.5, 0.6) is 0 Å². The van der Waals surface area contributed by atoms with Gasteiger partial charge in [0, 0.05) is 19.8 Å². The summed E-state index contributed by atoms with van der Waals surface area (Å²) in [5, 5.41) is 16.5. The largest absolute Gasteiger partial charge is 0.396 e. The highest BCUT2D eigenvalue weighted by molar-refractivity contribution is 4.87. The van der Waals surface area contributed by atoms with E-state index in [0.29, 0.717) is 36.8 Å². The maximum Gasteiger partial charge on any atom is 0.240 e. The van der Waals surface area contributed by atoms with Gasteiger partial charge in [0.05, 0.1) is 6.54 Å². The van der Waals surface area contributed by atoms with Crippen molar-refractivity contribution in [2.24, 2.45) is 5.92 Å². The van der Waals surface area contributed by atoms with Crippen molar-refractivity contribution < 1.29 is 14.4 Å². The summed E-state index contributed by atoms with van der Waals surface area (Å²) < 4.78 is 10.0. The fourth-order valence-electron chi connectivity index (χ4n) is 2.46. The van der Waals surface area contributed by atoms with Crippen molar-refractivity contribution in [3.8, 4) is 0 Å². The van der Waals surface area contributed by atoms with Gasteiger partial charge in [0.2, 0.25) is 5.89 Å². The normalized spacial score (nSPS) is 24.3. The smallest absolute Gasteiger partial charge is 0.240 e. The van der Waals surface area contributed by atoms with Gasteiger partial charge in [0.15, 0.2) is 5.82 Å². The number of aromatic nitrogens is 2. The van der Waals surface area contributed by atoms with Gasteiger partial charge in [-0.05, 0) is 18.8 Å². The maximum atomic E-state index is 9.32. The van der Waals surface area contributed by atoms with Crippen LogP contribution in [-0.2, 0) is 17.9 Å². The van der Waals surface area contributed by atoms with Crippen molar-refractivity contribution in [1.82, 2.24) is 15.5 Å². The third-order valence-corrected chi connectivity index (χ3v) is 3.44. The lowest BCUT2D eigenvalue weighted by Crippen LogP contribution is -2.39. The standard InChI is InChI=1S/C12H21N3O3/c1-17-8-11-14-12(18-15-11)6-13-10-5-3-2-4-9(10)7-16/h9-10,13,16H,2-8H2,1H3/t9-,10-/m1/s1. The van der Waals surface area contributed by atoms with Gasteiger partial charge < -0.3 is 19.7 Å². The molecular weight excluding hydrogens is 234 g/mol. The third kappa shape index (κ3) is 3.51.